The van der Waals surface area contributed by atoms with Crippen molar-refractivity contribution in [1.29, 1.82) is 0 Å². The first-order chi connectivity index (χ1) is 8.95. The summed E-state index contributed by atoms with van der Waals surface area (Å²) in [7, 11) is 1.59. The van der Waals surface area contributed by atoms with Crippen molar-refractivity contribution in [1.82, 2.24) is 4.98 Å². The van der Waals surface area contributed by atoms with Crippen molar-refractivity contribution in [3.05, 3.63) is 40.2 Å². The highest BCUT2D eigenvalue weighted by Crippen LogP contribution is 2.34. The number of hydrogen-bond acceptors (Lipinski definition) is 4. The molecule has 2 rings (SSSR count). The number of thiazole rings is 1. The highest BCUT2D eigenvalue weighted by atomic mass is 32.1. The molecule has 0 aliphatic carbocycles. The lowest BCUT2D eigenvalue weighted by molar-refractivity contribution is 0.0191. The Labute approximate surface area is 115 Å². The Morgan fingerprint density at radius 3 is 2.47 bits per heavy atom. The Hall–Kier alpha value is -1.72. The first-order valence-corrected chi connectivity index (χ1v) is 6.62. The van der Waals surface area contributed by atoms with Crippen LogP contribution in [0.1, 0.15) is 28.5 Å². The van der Waals surface area contributed by atoms with Gasteiger partial charge in [0, 0.05) is 12.7 Å². The Morgan fingerprint density at radius 2 is 1.95 bits per heavy atom. The van der Waals surface area contributed by atoms with E-state index in [1.54, 1.807) is 7.11 Å². The molecular weight excluding hydrogens is 262 g/mol. The molecule has 5 heteroatoms. The molecule has 1 aromatic carbocycles. The summed E-state index contributed by atoms with van der Waals surface area (Å²) in [6, 6.07) is 9.31. The van der Waals surface area contributed by atoms with Gasteiger partial charge in [0.1, 0.15) is 15.5 Å². The highest BCUT2D eigenvalue weighted by Gasteiger charge is 2.28. The molecule has 1 aromatic heterocycles. The van der Waals surface area contributed by atoms with Gasteiger partial charge in [0.05, 0.1) is 5.69 Å². The number of nitrogens with zero attached hydrogens (tertiary/aromatic N) is 1. The van der Waals surface area contributed by atoms with E-state index < -0.39 is 11.6 Å². The molecule has 0 saturated carbocycles. The minimum Gasteiger partial charge on any atom is -0.477 e. The third kappa shape index (κ3) is 2.67. The third-order valence-electron chi connectivity index (χ3n) is 2.89. The predicted octanol–water partition coefficient (Wildman–Crippen LogP) is 3.39. The van der Waals surface area contributed by atoms with Crippen LogP contribution in [0.4, 0.5) is 0 Å². The number of rotatable bonds is 4. The Balaban J connectivity index is 2.58. The van der Waals surface area contributed by atoms with Gasteiger partial charge < -0.3 is 9.84 Å². The van der Waals surface area contributed by atoms with E-state index in [2.05, 4.69) is 4.98 Å². The standard InChI is InChI=1S/C14H15NO3S/c1-14(2,18-3)13-15-10(11(19-13)12(16)17)9-7-5-4-6-8-9/h4-8H,1-3H3,(H,16,17). The quantitative estimate of drug-likeness (QED) is 0.930. The van der Waals surface area contributed by atoms with Crippen LogP contribution in [0.3, 0.4) is 0 Å². The maximum absolute atomic E-state index is 11.4. The van der Waals surface area contributed by atoms with Gasteiger partial charge in [-0.25, -0.2) is 9.78 Å². The normalized spacial score (nSPS) is 11.5. The number of carboxylic acid groups (broad SMARTS) is 1. The molecule has 0 spiro atoms. The van der Waals surface area contributed by atoms with Crippen molar-refractivity contribution in [3.63, 3.8) is 0 Å². The smallest absolute Gasteiger partial charge is 0.348 e. The first kappa shape index (κ1) is 13.7. The second-order valence-electron chi connectivity index (χ2n) is 4.58. The summed E-state index contributed by atoms with van der Waals surface area (Å²) in [5.74, 6) is -0.963. The van der Waals surface area contributed by atoms with Gasteiger partial charge in [-0.2, -0.15) is 0 Å². The van der Waals surface area contributed by atoms with Crippen molar-refractivity contribution in [2.75, 3.05) is 7.11 Å². The lowest BCUT2D eigenvalue weighted by Gasteiger charge is -2.19. The zero-order valence-electron chi connectivity index (χ0n) is 11.0. The SMILES string of the molecule is COC(C)(C)c1nc(-c2ccccc2)c(C(=O)O)s1. The fourth-order valence-electron chi connectivity index (χ4n) is 1.60. The van der Waals surface area contributed by atoms with E-state index in [9.17, 15) is 9.90 Å². The molecule has 0 saturated heterocycles. The van der Waals surface area contributed by atoms with Gasteiger partial charge in [-0.05, 0) is 13.8 Å². The van der Waals surface area contributed by atoms with Crippen LogP contribution in [0.5, 0.6) is 0 Å². The third-order valence-corrected chi connectivity index (χ3v) is 4.24. The second kappa shape index (κ2) is 5.11. The minimum atomic E-state index is -0.963. The number of aromatic nitrogens is 1. The Morgan fingerprint density at radius 1 is 1.32 bits per heavy atom. The summed E-state index contributed by atoms with van der Waals surface area (Å²) in [6.45, 7) is 3.73. The number of aromatic carboxylic acids is 1. The van der Waals surface area contributed by atoms with Crippen LogP contribution >= 0.6 is 11.3 Å². The molecule has 0 aliphatic heterocycles. The lowest BCUT2D eigenvalue weighted by Crippen LogP contribution is -2.18. The lowest BCUT2D eigenvalue weighted by atomic mass is 10.1. The molecule has 0 aliphatic rings. The summed E-state index contributed by atoms with van der Waals surface area (Å²) in [6.07, 6.45) is 0. The van der Waals surface area contributed by atoms with E-state index >= 15 is 0 Å². The fourth-order valence-corrected chi connectivity index (χ4v) is 2.61. The van der Waals surface area contributed by atoms with Gasteiger partial charge in [0.2, 0.25) is 0 Å². The zero-order valence-corrected chi connectivity index (χ0v) is 11.8. The maximum Gasteiger partial charge on any atom is 0.348 e. The van der Waals surface area contributed by atoms with Crippen LogP contribution in [-0.2, 0) is 10.3 Å². The minimum absolute atomic E-state index is 0.242. The molecule has 19 heavy (non-hydrogen) atoms. The number of methoxy groups -OCH3 is 1. The van der Waals surface area contributed by atoms with Crippen LogP contribution in [-0.4, -0.2) is 23.2 Å². The van der Waals surface area contributed by atoms with Crippen molar-refractivity contribution in [2.45, 2.75) is 19.4 Å². The summed E-state index contributed by atoms with van der Waals surface area (Å²) in [5, 5.41) is 9.97. The molecule has 0 fully saturated rings. The number of benzene rings is 1. The molecule has 2 aromatic rings. The van der Waals surface area contributed by atoms with E-state index in [4.69, 9.17) is 4.74 Å². The maximum atomic E-state index is 11.4. The molecule has 100 valence electrons. The predicted molar refractivity (Wildman–Crippen MR) is 74.5 cm³/mol. The number of ether oxygens (including phenoxy) is 1. The second-order valence-corrected chi connectivity index (χ2v) is 5.58. The summed E-state index contributed by atoms with van der Waals surface area (Å²) < 4.78 is 5.36. The van der Waals surface area contributed by atoms with Gasteiger partial charge in [0.15, 0.2) is 0 Å². The molecular formula is C14H15NO3S. The van der Waals surface area contributed by atoms with Crippen LogP contribution in [0, 0.1) is 0 Å². The Bertz CT molecular complexity index is 590. The van der Waals surface area contributed by atoms with Crippen molar-refractivity contribution < 1.29 is 14.6 Å². The Kier molecular flexibility index (Phi) is 3.68. The van der Waals surface area contributed by atoms with Crippen molar-refractivity contribution in [3.8, 4) is 11.3 Å². The largest absolute Gasteiger partial charge is 0.477 e. The van der Waals surface area contributed by atoms with E-state index in [0.29, 0.717) is 10.7 Å². The van der Waals surface area contributed by atoms with Crippen LogP contribution < -0.4 is 0 Å². The first-order valence-electron chi connectivity index (χ1n) is 5.81. The number of carbonyl (C=O) groups is 1. The fraction of sp³-hybridized carbons (Fsp3) is 0.286. The van der Waals surface area contributed by atoms with Gasteiger partial charge in [0.25, 0.3) is 0 Å². The monoisotopic (exact) mass is 277 g/mol. The molecule has 4 nitrogen and oxygen atoms in total. The van der Waals surface area contributed by atoms with Gasteiger partial charge in [-0.15, -0.1) is 11.3 Å². The van der Waals surface area contributed by atoms with Crippen LogP contribution in [0.15, 0.2) is 30.3 Å². The van der Waals surface area contributed by atoms with E-state index in [-0.39, 0.29) is 4.88 Å². The molecule has 0 bridgehead atoms. The summed E-state index contributed by atoms with van der Waals surface area (Å²) >= 11 is 1.16. The average molecular weight is 277 g/mol. The van der Waals surface area contributed by atoms with Gasteiger partial charge in [-0.3, -0.25) is 0 Å². The summed E-state index contributed by atoms with van der Waals surface area (Å²) in [5.41, 5.74) is 0.703. The summed E-state index contributed by atoms with van der Waals surface area (Å²) in [4.78, 5) is 16.1. The molecule has 1 heterocycles. The average Bonchev–Trinajstić information content (AvgIpc) is 2.85. The van der Waals surface area contributed by atoms with E-state index in [1.165, 1.54) is 0 Å². The van der Waals surface area contributed by atoms with Gasteiger partial charge >= 0.3 is 5.97 Å². The molecule has 1 N–H and O–H groups in total. The van der Waals surface area contributed by atoms with Crippen molar-refractivity contribution >= 4 is 17.3 Å². The van der Waals surface area contributed by atoms with E-state index in [0.717, 1.165) is 16.9 Å². The zero-order chi connectivity index (χ0) is 14.0. The van der Waals surface area contributed by atoms with Gasteiger partial charge in [-0.1, -0.05) is 30.3 Å². The van der Waals surface area contributed by atoms with E-state index in [1.807, 2.05) is 44.2 Å². The van der Waals surface area contributed by atoms with Crippen LogP contribution in [0.25, 0.3) is 11.3 Å². The topological polar surface area (TPSA) is 59.4 Å². The molecule has 0 amide bonds. The van der Waals surface area contributed by atoms with Crippen LogP contribution in [0.2, 0.25) is 0 Å². The molecule has 0 atom stereocenters. The number of hydrogen-bond donors (Lipinski definition) is 1. The van der Waals surface area contributed by atoms with Crippen molar-refractivity contribution in [2.24, 2.45) is 0 Å². The molecule has 0 unspecified atom stereocenters. The number of carboxylic acids is 1. The highest BCUT2D eigenvalue weighted by molar-refractivity contribution is 7.14. The molecule has 0 radical (unpaired) electrons.